The lowest BCUT2D eigenvalue weighted by Crippen LogP contribution is -3.00. The van der Waals surface area contributed by atoms with Crippen LogP contribution in [0.2, 0.25) is 0 Å². The highest BCUT2D eigenvalue weighted by Gasteiger charge is 2.07. The smallest absolute Gasteiger partial charge is 0.172 e. The molecular weight excluding hydrogens is 796 g/mol. The molecule has 2 heterocycles. The van der Waals surface area contributed by atoms with Crippen LogP contribution in [-0.2, 0) is 13.1 Å². The molecule has 8 heteroatoms. The van der Waals surface area contributed by atoms with Crippen LogP contribution in [-0.4, -0.2) is 27.2 Å². The maximum Gasteiger partial charge on any atom is 0.172 e. The topological polar surface area (TPSA) is 61.8 Å². The van der Waals surface area contributed by atoms with Crippen LogP contribution in [0.25, 0.3) is 24.3 Å². The van der Waals surface area contributed by atoms with Gasteiger partial charge in [0.2, 0.25) is 0 Å². The fourth-order valence-corrected chi connectivity index (χ4v) is 6.39. The molecule has 4 rings (SSSR count). The van der Waals surface area contributed by atoms with Crippen LogP contribution in [0.1, 0.15) is 97.6 Å². The zero-order valence-corrected chi connectivity index (χ0v) is 35.9. The number of pyridine rings is 2. The molecule has 2 aromatic carbocycles. The minimum Gasteiger partial charge on any atom is -1.00 e. The van der Waals surface area contributed by atoms with E-state index >= 15 is 0 Å². The van der Waals surface area contributed by atoms with E-state index in [9.17, 15) is 0 Å². The molecule has 0 spiro atoms. The first kappa shape index (κ1) is 45.9. The lowest BCUT2D eigenvalue weighted by atomic mass is 10.1. The number of nitriles is 2. The van der Waals surface area contributed by atoms with Crippen molar-refractivity contribution in [2.75, 3.05) is 37.0 Å². The number of hydrogen-bond acceptors (Lipinski definition) is 4. The Hall–Kier alpha value is -4.24. The van der Waals surface area contributed by atoms with Gasteiger partial charge in [-0.1, -0.05) is 74.3 Å². The first-order valence-corrected chi connectivity index (χ1v) is 19.1. The van der Waals surface area contributed by atoms with Crippen molar-refractivity contribution in [3.63, 3.8) is 0 Å². The molecule has 4 aromatic rings. The lowest BCUT2D eigenvalue weighted by Gasteiger charge is -2.17. The molecule has 0 aliphatic rings. The van der Waals surface area contributed by atoms with Gasteiger partial charge in [-0.15, -0.1) is 0 Å². The van der Waals surface area contributed by atoms with E-state index in [2.05, 4.69) is 155 Å². The van der Waals surface area contributed by atoms with Crippen molar-refractivity contribution in [1.29, 1.82) is 10.5 Å². The molecule has 0 aliphatic heterocycles. The molecule has 0 atom stereocenters. The van der Waals surface area contributed by atoms with E-state index in [-0.39, 0.29) is 34.0 Å². The van der Waals surface area contributed by atoms with Crippen molar-refractivity contribution in [3.8, 4) is 12.1 Å². The molecule has 0 N–H and O–H groups in total. The van der Waals surface area contributed by atoms with Crippen LogP contribution >= 0.6 is 0 Å². The van der Waals surface area contributed by atoms with Crippen LogP contribution in [0.4, 0.5) is 11.4 Å². The Kier molecular flexibility index (Phi) is 21.9. The number of benzene rings is 2. The van der Waals surface area contributed by atoms with E-state index in [1.165, 1.54) is 84.7 Å². The summed E-state index contributed by atoms with van der Waals surface area (Å²) in [6, 6.07) is 25.9. The van der Waals surface area contributed by atoms with Crippen LogP contribution in [0.5, 0.6) is 0 Å². The average Bonchev–Trinajstić information content (AvgIpc) is 3.16. The minimum atomic E-state index is 0. The van der Waals surface area contributed by atoms with E-state index in [4.69, 9.17) is 10.5 Å². The SMILES string of the molecule is Cc1c[n+](CCCCCCCCCC[n+]2ccc(/C=C/c3ccc(N(C)CCC#N)cc3)c(C)c2)ccc1/C=C/c1ccc(N(C)CCC#N)cc1.[Br-].[Br-]. The third-order valence-corrected chi connectivity index (χ3v) is 9.80. The van der Waals surface area contributed by atoms with Gasteiger partial charge in [-0.2, -0.15) is 10.5 Å². The molecule has 0 aliphatic carbocycles. The summed E-state index contributed by atoms with van der Waals surface area (Å²) in [4.78, 5) is 4.23. The van der Waals surface area contributed by atoms with Gasteiger partial charge in [-0.3, -0.25) is 0 Å². The Morgan fingerprint density at radius 3 is 1.20 bits per heavy atom. The zero-order valence-electron chi connectivity index (χ0n) is 32.7. The summed E-state index contributed by atoms with van der Waals surface area (Å²) < 4.78 is 4.67. The summed E-state index contributed by atoms with van der Waals surface area (Å²) in [7, 11) is 4.05. The summed E-state index contributed by atoms with van der Waals surface area (Å²) in [6.45, 7) is 8.03. The Morgan fingerprint density at radius 1 is 0.519 bits per heavy atom. The van der Waals surface area contributed by atoms with Gasteiger partial charge in [0.15, 0.2) is 24.8 Å². The standard InChI is InChI=1S/C46H58N6.2BrH/c1-39-37-51(35-27-43(39)21-15-41-17-23-45(24-18-41)49(3)31-13-29-47)33-11-9-7-5-6-8-10-12-34-52-36-28-44(40(2)38-52)22-16-42-19-25-46(26-20-42)50(4)32-14-30-48;;/h15-28,35-38H,5-14,31-34H2,1-4H3;2*1H/q+2;;/p-2. The largest absolute Gasteiger partial charge is 1.00 e. The molecule has 0 amide bonds. The van der Waals surface area contributed by atoms with Gasteiger partial charge in [0.05, 0.1) is 25.0 Å². The number of rotatable bonds is 21. The van der Waals surface area contributed by atoms with E-state index in [0.717, 1.165) is 37.6 Å². The Labute approximate surface area is 346 Å². The maximum absolute atomic E-state index is 8.82. The molecule has 0 bridgehead atoms. The van der Waals surface area contributed by atoms with E-state index < -0.39 is 0 Å². The zero-order chi connectivity index (χ0) is 37.0. The van der Waals surface area contributed by atoms with Crippen molar-refractivity contribution in [2.24, 2.45) is 0 Å². The molecule has 2 aromatic heterocycles. The third-order valence-electron chi connectivity index (χ3n) is 9.80. The number of aryl methyl sites for hydroxylation is 4. The quantitative estimate of drug-likeness (QED) is 0.0948. The van der Waals surface area contributed by atoms with Crippen LogP contribution in [0.15, 0.2) is 85.5 Å². The molecule has 0 saturated heterocycles. The van der Waals surface area contributed by atoms with Gasteiger partial charge >= 0.3 is 0 Å². The summed E-state index contributed by atoms with van der Waals surface area (Å²) in [5.41, 5.74) is 9.71. The highest BCUT2D eigenvalue weighted by atomic mass is 79.9. The molecule has 54 heavy (non-hydrogen) atoms. The van der Waals surface area contributed by atoms with Crippen molar-refractivity contribution < 1.29 is 43.1 Å². The van der Waals surface area contributed by atoms with E-state index in [1.54, 1.807) is 0 Å². The molecule has 0 fully saturated rings. The number of hydrogen-bond donors (Lipinski definition) is 0. The second kappa shape index (κ2) is 25.7. The molecule has 0 radical (unpaired) electrons. The first-order chi connectivity index (χ1) is 25.4. The number of unbranched alkanes of at least 4 members (excludes halogenated alkanes) is 7. The van der Waals surface area contributed by atoms with E-state index in [1.807, 2.05) is 14.1 Å². The predicted molar refractivity (Wildman–Crippen MR) is 217 cm³/mol. The first-order valence-electron chi connectivity index (χ1n) is 19.1. The summed E-state index contributed by atoms with van der Waals surface area (Å²) in [6.07, 6.45) is 29.1. The number of nitrogens with zero attached hydrogens (tertiary/aromatic N) is 6. The lowest BCUT2D eigenvalue weighted by molar-refractivity contribution is -0.697. The Bertz CT molecular complexity index is 1690. The normalized spacial score (nSPS) is 10.8. The van der Waals surface area contributed by atoms with Crippen LogP contribution in [0.3, 0.4) is 0 Å². The molecular formula is C46H58Br2N6. The highest BCUT2D eigenvalue weighted by Crippen LogP contribution is 2.18. The second-order valence-electron chi connectivity index (χ2n) is 14.0. The second-order valence-corrected chi connectivity index (χ2v) is 14.0. The maximum atomic E-state index is 8.82. The summed E-state index contributed by atoms with van der Waals surface area (Å²) in [5, 5.41) is 17.6. The number of halogens is 2. The van der Waals surface area contributed by atoms with Crippen LogP contribution in [0, 0.1) is 36.5 Å². The van der Waals surface area contributed by atoms with Gasteiger partial charge in [-0.25, -0.2) is 9.13 Å². The van der Waals surface area contributed by atoms with Crippen molar-refractivity contribution in [3.05, 3.63) is 119 Å². The van der Waals surface area contributed by atoms with Crippen molar-refractivity contribution in [1.82, 2.24) is 0 Å². The van der Waals surface area contributed by atoms with Gasteiger partial charge in [0, 0.05) is 74.7 Å². The predicted octanol–water partition coefficient (Wildman–Crippen LogP) is 3.75. The number of aromatic nitrogens is 2. The molecule has 6 nitrogen and oxygen atoms in total. The van der Waals surface area contributed by atoms with Crippen molar-refractivity contribution >= 4 is 35.7 Å². The van der Waals surface area contributed by atoms with Gasteiger partial charge in [0.1, 0.15) is 13.1 Å². The minimum absolute atomic E-state index is 0. The monoisotopic (exact) mass is 852 g/mol. The molecule has 0 saturated carbocycles. The van der Waals surface area contributed by atoms with Crippen LogP contribution < -0.4 is 52.9 Å². The number of anilines is 2. The fraction of sp³-hybridized carbons (Fsp3) is 0.391. The van der Waals surface area contributed by atoms with E-state index in [0.29, 0.717) is 12.8 Å². The summed E-state index contributed by atoms with van der Waals surface area (Å²) in [5.74, 6) is 0. The summed E-state index contributed by atoms with van der Waals surface area (Å²) >= 11 is 0. The van der Waals surface area contributed by atoms with Gasteiger partial charge < -0.3 is 43.8 Å². The van der Waals surface area contributed by atoms with Gasteiger partial charge in [-0.05, 0) is 73.2 Å². The average molecular weight is 855 g/mol. The molecule has 286 valence electrons. The molecule has 0 unspecified atom stereocenters. The van der Waals surface area contributed by atoms with Crippen molar-refractivity contribution in [2.45, 2.75) is 91.1 Å². The Morgan fingerprint density at radius 2 is 0.870 bits per heavy atom. The third kappa shape index (κ3) is 16.0. The Balaban J connectivity index is 0.00000504. The highest BCUT2D eigenvalue weighted by molar-refractivity contribution is 5.72. The van der Waals surface area contributed by atoms with Gasteiger partial charge in [0.25, 0.3) is 0 Å². The fourth-order valence-electron chi connectivity index (χ4n) is 6.39.